The number of benzene rings is 3. The van der Waals surface area contributed by atoms with Crippen molar-refractivity contribution in [3.63, 3.8) is 0 Å². The SMILES string of the molecule is COc1cc(-c2nnc(C)o2)c(S(=O)(=O)c2ccccc2)cc1OCc1ccccc1. The quantitative estimate of drug-likeness (QED) is 0.422. The first-order valence-corrected chi connectivity index (χ1v) is 11.0. The highest BCUT2D eigenvalue weighted by molar-refractivity contribution is 7.91. The van der Waals surface area contributed by atoms with Crippen LogP contribution in [0.4, 0.5) is 0 Å². The van der Waals surface area contributed by atoms with Gasteiger partial charge in [0.15, 0.2) is 11.5 Å². The van der Waals surface area contributed by atoms with Crippen LogP contribution in [0.25, 0.3) is 11.5 Å². The molecule has 0 saturated carbocycles. The van der Waals surface area contributed by atoms with E-state index in [4.69, 9.17) is 13.9 Å². The summed E-state index contributed by atoms with van der Waals surface area (Å²) < 4.78 is 43.9. The minimum atomic E-state index is -3.90. The van der Waals surface area contributed by atoms with E-state index in [9.17, 15) is 8.42 Å². The zero-order valence-electron chi connectivity index (χ0n) is 17.0. The van der Waals surface area contributed by atoms with Crippen LogP contribution in [0.2, 0.25) is 0 Å². The number of rotatable bonds is 7. The maximum atomic E-state index is 13.5. The average molecular weight is 436 g/mol. The molecule has 158 valence electrons. The van der Waals surface area contributed by atoms with Gasteiger partial charge in [-0.3, -0.25) is 0 Å². The molecule has 0 spiro atoms. The number of nitrogens with zero attached hydrogens (tertiary/aromatic N) is 2. The summed E-state index contributed by atoms with van der Waals surface area (Å²) in [5, 5.41) is 7.83. The van der Waals surface area contributed by atoms with Crippen LogP contribution in [0.3, 0.4) is 0 Å². The van der Waals surface area contributed by atoms with Crippen LogP contribution in [-0.2, 0) is 16.4 Å². The zero-order chi connectivity index (χ0) is 21.8. The van der Waals surface area contributed by atoms with Crippen molar-refractivity contribution in [3.05, 3.63) is 84.3 Å². The molecule has 0 saturated heterocycles. The number of hydrogen-bond donors (Lipinski definition) is 0. The molecule has 0 atom stereocenters. The van der Waals surface area contributed by atoms with Crippen molar-refractivity contribution in [2.24, 2.45) is 0 Å². The number of methoxy groups -OCH3 is 1. The van der Waals surface area contributed by atoms with Gasteiger partial charge in [-0.25, -0.2) is 8.42 Å². The van der Waals surface area contributed by atoms with Gasteiger partial charge in [0.1, 0.15) is 6.61 Å². The summed E-state index contributed by atoms with van der Waals surface area (Å²) in [4.78, 5) is 0.137. The van der Waals surface area contributed by atoms with Crippen LogP contribution in [0.15, 0.2) is 87.0 Å². The topological polar surface area (TPSA) is 91.5 Å². The van der Waals surface area contributed by atoms with Crippen molar-refractivity contribution >= 4 is 9.84 Å². The molecule has 3 aromatic carbocycles. The molecule has 0 unspecified atom stereocenters. The molecule has 0 N–H and O–H groups in total. The highest BCUT2D eigenvalue weighted by Crippen LogP contribution is 2.40. The third-order valence-corrected chi connectivity index (χ3v) is 6.41. The lowest BCUT2D eigenvalue weighted by atomic mass is 10.2. The number of sulfone groups is 1. The second-order valence-corrected chi connectivity index (χ2v) is 8.63. The Hall–Kier alpha value is -3.65. The molecule has 1 heterocycles. The highest BCUT2D eigenvalue weighted by atomic mass is 32.2. The van der Waals surface area contributed by atoms with Gasteiger partial charge in [-0.15, -0.1) is 10.2 Å². The first-order chi connectivity index (χ1) is 15.0. The summed E-state index contributed by atoms with van der Waals surface area (Å²) in [5.74, 6) is 1.05. The fraction of sp³-hybridized carbons (Fsp3) is 0.130. The molecule has 1 aromatic heterocycles. The summed E-state index contributed by atoms with van der Waals surface area (Å²) in [7, 11) is -2.42. The van der Waals surface area contributed by atoms with E-state index >= 15 is 0 Å². The predicted octanol–water partition coefficient (Wildman–Crippen LogP) is 4.47. The van der Waals surface area contributed by atoms with Crippen molar-refractivity contribution in [1.82, 2.24) is 10.2 Å². The molecule has 4 rings (SSSR count). The van der Waals surface area contributed by atoms with E-state index in [-0.39, 0.29) is 27.9 Å². The van der Waals surface area contributed by atoms with E-state index in [1.54, 1.807) is 31.2 Å². The lowest BCUT2D eigenvalue weighted by Crippen LogP contribution is -2.06. The Balaban J connectivity index is 1.85. The Kier molecular flexibility index (Phi) is 5.73. The van der Waals surface area contributed by atoms with Crippen molar-refractivity contribution in [3.8, 4) is 23.0 Å². The van der Waals surface area contributed by atoms with E-state index in [0.717, 1.165) is 5.56 Å². The van der Waals surface area contributed by atoms with Gasteiger partial charge in [0, 0.05) is 13.0 Å². The van der Waals surface area contributed by atoms with Crippen molar-refractivity contribution in [2.75, 3.05) is 7.11 Å². The summed E-state index contributed by atoms with van der Waals surface area (Å²) in [6, 6.07) is 20.7. The molecule has 0 aliphatic heterocycles. The summed E-state index contributed by atoms with van der Waals surface area (Å²) >= 11 is 0. The summed E-state index contributed by atoms with van der Waals surface area (Å²) in [6.45, 7) is 1.89. The third-order valence-electron chi connectivity index (χ3n) is 4.60. The molecule has 8 heteroatoms. The van der Waals surface area contributed by atoms with E-state index in [1.807, 2.05) is 30.3 Å². The first-order valence-electron chi connectivity index (χ1n) is 9.48. The molecule has 0 radical (unpaired) electrons. The Morgan fingerprint density at radius 2 is 1.58 bits per heavy atom. The Morgan fingerprint density at radius 3 is 2.19 bits per heavy atom. The third kappa shape index (κ3) is 4.29. The van der Waals surface area contributed by atoms with E-state index in [2.05, 4.69) is 10.2 Å². The van der Waals surface area contributed by atoms with Gasteiger partial charge >= 0.3 is 0 Å². The molecule has 7 nitrogen and oxygen atoms in total. The van der Waals surface area contributed by atoms with Crippen LogP contribution in [-0.4, -0.2) is 25.7 Å². The van der Waals surface area contributed by atoms with Crippen LogP contribution in [0.5, 0.6) is 11.5 Å². The van der Waals surface area contributed by atoms with Crippen molar-refractivity contribution in [2.45, 2.75) is 23.3 Å². The number of aromatic nitrogens is 2. The van der Waals surface area contributed by atoms with Crippen LogP contribution < -0.4 is 9.47 Å². The Labute approximate surface area is 180 Å². The second kappa shape index (κ2) is 8.61. The molecule has 0 aliphatic rings. The van der Waals surface area contributed by atoms with Gasteiger partial charge in [0.05, 0.1) is 22.5 Å². The normalized spacial score (nSPS) is 11.3. The van der Waals surface area contributed by atoms with Gasteiger partial charge in [-0.2, -0.15) is 0 Å². The smallest absolute Gasteiger partial charge is 0.249 e. The summed E-state index contributed by atoms with van der Waals surface area (Å²) in [5.41, 5.74) is 1.18. The number of aryl methyl sites for hydroxylation is 1. The molecular formula is C23H20N2O5S. The molecule has 0 fully saturated rings. The van der Waals surface area contributed by atoms with Crippen LogP contribution in [0, 0.1) is 6.92 Å². The molecule has 31 heavy (non-hydrogen) atoms. The molecule has 4 aromatic rings. The zero-order valence-corrected chi connectivity index (χ0v) is 17.8. The fourth-order valence-electron chi connectivity index (χ4n) is 3.07. The van der Waals surface area contributed by atoms with E-state index in [0.29, 0.717) is 17.4 Å². The molecule has 0 aliphatic carbocycles. The predicted molar refractivity (Wildman–Crippen MR) is 114 cm³/mol. The maximum Gasteiger partial charge on any atom is 0.249 e. The number of ether oxygens (including phenoxy) is 2. The minimum Gasteiger partial charge on any atom is -0.493 e. The Bertz CT molecular complexity index is 1290. The monoisotopic (exact) mass is 436 g/mol. The molecule has 0 bridgehead atoms. The van der Waals surface area contributed by atoms with Gasteiger partial charge in [0.2, 0.25) is 21.6 Å². The fourth-order valence-corrected chi connectivity index (χ4v) is 4.54. The minimum absolute atomic E-state index is 0.00814. The number of hydrogen-bond acceptors (Lipinski definition) is 7. The van der Waals surface area contributed by atoms with Crippen molar-refractivity contribution in [1.29, 1.82) is 0 Å². The van der Waals surface area contributed by atoms with Crippen LogP contribution in [0.1, 0.15) is 11.5 Å². The summed E-state index contributed by atoms with van der Waals surface area (Å²) in [6.07, 6.45) is 0. The second-order valence-electron chi connectivity index (χ2n) is 6.72. The lowest BCUT2D eigenvalue weighted by Gasteiger charge is -2.15. The lowest BCUT2D eigenvalue weighted by molar-refractivity contribution is 0.283. The molecule has 0 amide bonds. The van der Waals surface area contributed by atoms with Gasteiger partial charge < -0.3 is 13.9 Å². The first kappa shape index (κ1) is 20.6. The maximum absolute atomic E-state index is 13.5. The van der Waals surface area contributed by atoms with Gasteiger partial charge in [-0.1, -0.05) is 48.5 Å². The van der Waals surface area contributed by atoms with Crippen LogP contribution >= 0.6 is 0 Å². The largest absolute Gasteiger partial charge is 0.493 e. The van der Waals surface area contributed by atoms with Gasteiger partial charge in [0.25, 0.3) is 0 Å². The average Bonchev–Trinajstić information content (AvgIpc) is 3.24. The van der Waals surface area contributed by atoms with E-state index in [1.165, 1.54) is 25.3 Å². The standard InChI is InChI=1S/C23H20N2O5S/c1-16-24-25-23(30-16)19-13-20(28-2)21(29-15-17-9-5-3-6-10-17)14-22(19)31(26,27)18-11-7-4-8-12-18/h3-14H,15H2,1-2H3. The molecular weight excluding hydrogens is 416 g/mol. The van der Waals surface area contributed by atoms with Crippen molar-refractivity contribution < 1.29 is 22.3 Å². The van der Waals surface area contributed by atoms with E-state index < -0.39 is 9.84 Å². The van der Waals surface area contributed by atoms with Gasteiger partial charge in [-0.05, 0) is 23.8 Å². The highest BCUT2D eigenvalue weighted by Gasteiger charge is 2.27. The Morgan fingerprint density at radius 1 is 0.903 bits per heavy atom.